The quantitative estimate of drug-likeness (QED) is 0.717. The van der Waals surface area contributed by atoms with Gasteiger partial charge in [-0.15, -0.1) is 11.8 Å². The van der Waals surface area contributed by atoms with Gasteiger partial charge in [-0.25, -0.2) is 0 Å². The van der Waals surface area contributed by atoms with Crippen LogP contribution in [0, 0.1) is 0 Å². The van der Waals surface area contributed by atoms with Crippen molar-refractivity contribution in [1.82, 2.24) is 5.32 Å². The molecule has 2 aromatic rings. The van der Waals surface area contributed by atoms with E-state index in [1.54, 1.807) is 11.8 Å². The van der Waals surface area contributed by atoms with E-state index in [4.69, 9.17) is 0 Å². The second-order valence-electron chi connectivity index (χ2n) is 5.26. The molecule has 1 nitrogen and oxygen atoms in total. The average Bonchev–Trinajstić information content (AvgIpc) is 2.56. The molecule has 0 aromatic heterocycles. The van der Waals surface area contributed by atoms with Gasteiger partial charge in [0.25, 0.3) is 0 Å². The Morgan fingerprint density at radius 1 is 1.00 bits per heavy atom. The van der Waals surface area contributed by atoms with E-state index in [-0.39, 0.29) is 6.04 Å². The molecule has 2 rings (SSSR count). The highest BCUT2D eigenvalue weighted by molar-refractivity contribution is 7.98. The van der Waals surface area contributed by atoms with E-state index in [0.29, 0.717) is 0 Å². The summed E-state index contributed by atoms with van der Waals surface area (Å²) in [4.78, 5) is 1.32. The Bertz CT molecular complexity index is 548. The first-order chi connectivity index (χ1) is 10.3. The molecule has 2 aromatic carbocycles. The molecular formula is C19H25NS. The predicted molar refractivity (Wildman–Crippen MR) is 94.2 cm³/mol. The molecule has 112 valence electrons. The molecule has 0 radical (unpaired) electrons. The molecule has 0 aliphatic carbocycles. The first-order valence-corrected chi connectivity index (χ1v) is 8.97. The van der Waals surface area contributed by atoms with Gasteiger partial charge in [0.2, 0.25) is 0 Å². The van der Waals surface area contributed by atoms with E-state index < -0.39 is 0 Å². The molecule has 0 heterocycles. The average molecular weight is 299 g/mol. The van der Waals surface area contributed by atoms with Crippen LogP contribution in [0.4, 0.5) is 0 Å². The Labute approximate surface area is 133 Å². The molecule has 0 saturated heterocycles. The normalized spacial score (nSPS) is 12.3. The van der Waals surface area contributed by atoms with Crippen molar-refractivity contribution in [2.45, 2.75) is 37.6 Å². The minimum absolute atomic E-state index is 0.285. The summed E-state index contributed by atoms with van der Waals surface area (Å²) in [5.74, 6) is 0. The van der Waals surface area contributed by atoms with E-state index in [1.165, 1.54) is 21.6 Å². The summed E-state index contributed by atoms with van der Waals surface area (Å²) in [7, 11) is 0. The van der Waals surface area contributed by atoms with Crippen LogP contribution in [0.15, 0.2) is 53.4 Å². The van der Waals surface area contributed by atoms with Crippen molar-refractivity contribution in [3.63, 3.8) is 0 Å². The number of benzene rings is 2. The third kappa shape index (κ3) is 4.36. The molecule has 1 atom stereocenters. The zero-order valence-corrected chi connectivity index (χ0v) is 14.0. The van der Waals surface area contributed by atoms with Crippen molar-refractivity contribution in [2.24, 2.45) is 0 Å². The zero-order valence-electron chi connectivity index (χ0n) is 13.2. The zero-order chi connectivity index (χ0) is 15.1. The topological polar surface area (TPSA) is 12.0 Å². The SMILES string of the molecule is CCCNC(c1ccc(SC)cc1)c1cccc(CC)c1. The van der Waals surface area contributed by atoms with Crippen molar-refractivity contribution in [3.05, 3.63) is 65.2 Å². The maximum Gasteiger partial charge on any atom is 0.0576 e. The maximum atomic E-state index is 3.68. The fourth-order valence-corrected chi connectivity index (χ4v) is 2.91. The summed E-state index contributed by atoms with van der Waals surface area (Å²) in [5, 5.41) is 3.68. The van der Waals surface area contributed by atoms with Crippen molar-refractivity contribution in [1.29, 1.82) is 0 Å². The van der Waals surface area contributed by atoms with Gasteiger partial charge in [0.1, 0.15) is 0 Å². The summed E-state index contributed by atoms with van der Waals surface area (Å²) < 4.78 is 0. The molecule has 0 bridgehead atoms. The van der Waals surface area contributed by atoms with Gasteiger partial charge in [0, 0.05) is 4.90 Å². The number of rotatable bonds is 7. The van der Waals surface area contributed by atoms with E-state index in [1.807, 2.05) is 0 Å². The summed E-state index contributed by atoms with van der Waals surface area (Å²) in [6.07, 6.45) is 4.35. The third-order valence-corrected chi connectivity index (χ3v) is 4.48. The molecule has 21 heavy (non-hydrogen) atoms. The number of nitrogens with one attached hydrogen (secondary N) is 1. The van der Waals surface area contributed by atoms with Crippen LogP contribution in [0.5, 0.6) is 0 Å². The molecule has 0 aliphatic rings. The van der Waals surface area contributed by atoms with Crippen molar-refractivity contribution >= 4 is 11.8 Å². The lowest BCUT2D eigenvalue weighted by Crippen LogP contribution is -2.23. The van der Waals surface area contributed by atoms with Crippen LogP contribution in [0.1, 0.15) is 43.0 Å². The number of aryl methyl sites for hydroxylation is 1. The van der Waals surface area contributed by atoms with Gasteiger partial charge in [-0.1, -0.05) is 50.2 Å². The van der Waals surface area contributed by atoms with Gasteiger partial charge in [0.15, 0.2) is 0 Å². The Morgan fingerprint density at radius 3 is 2.38 bits per heavy atom. The lowest BCUT2D eigenvalue weighted by Gasteiger charge is -2.20. The van der Waals surface area contributed by atoms with Crippen molar-refractivity contribution < 1.29 is 0 Å². The summed E-state index contributed by atoms with van der Waals surface area (Å²) >= 11 is 1.79. The largest absolute Gasteiger partial charge is 0.306 e. The fourth-order valence-electron chi connectivity index (χ4n) is 2.51. The smallest absolute Gasteiger partial charge is 0.0576 e. The highest BCUT2D eigenvalue weighted by Gasteiger charge is 2.13. The van der Waals surface area contributed by atoms with Crippen LogP contribution in [0.2, 0.25) is 0 Å². The highest BCUT2D eigenvalue weighted by atomic mass is 32.2. The standard InChI is InChI=1S/C19H25NS/c1-4-13-20-19(16-9-11-18(21-3)12-10-16)17-8-6-7-15(5-2)14-17/h6-12,14,19-20H,4-5,13H2,1-3H3. The van der Waals surface area contributed by atoms with E-state index in [2.05, 4.69) is 74.0 Å². The Morgan fingerprint density at radius 2 is 1.76 bits per heavy atom. The molecule has 1 unspecified atom stereocenters. The Hall–Kier alpha value is -1.25. The molecule has 0 saturated carbocycles. The van der Waals surface area contributed by atoms with Gasteiger partial charge in [-0.3, -0.25) is 0 Å². The minimum atomic E-state index is 0.285. The van der Waals surface area contributed by atoms with Gasteiger partial charge < -0.3 is 5.32 Å². The lowest BCUT2D eigenvalue weighted by atomic mass is 9.96. The maximum absolute atomic E-state index is 3.68. The summed E-state index contributed by atoms with van der Waals surface area (Å²) in [6, 6.07) is 18.1. The monoisotopic (exact) mass is 299 g/mol. The first-order valence-electron chi connectivity index (χ1n) is 7.74. The summed E-state index contributed by atoms with van der Waals surface area (Å²) in [5.41, 5.74) is 4.10. The van der Waals surface area contributed by atoms with Crippen LogP contribution in [0.25, 0.3) is 0 Å². The Balaban J connectivity index is 2.31. The van der Waals surface area contributed by atoms with Gasteiger partial charge in [0.05, 0.1) is 6.04 Å². The van der Waals surface area contributed by atoms with Crippen molar-refractivity contribution in [3.8, 4) is 0 Å². The fraction of sp³-hybridized carbons (Fsp3) is 0.368. The molecule has 0 spiro atoms. The van der Waals surface area contributed by atoms with Gasteiger partial charge in [-0.05, 0) is 54.5 Å². The van der Waals surface area contributed by atoms with Crippen LogP contribution < -0.4 is 5.32 Å². The van der Waals surface area contributed by atoms with Crippen LogP contribution in [-0.4, -0.2) is 12.8 Å². The molecular weight excluding hydrogens is 274 g/mol. The number of thioether (sulfide) groups is 1. The first kappa shape index (κ1) is 16.1. The number of hydrogen-bond donors (Lipinski definition) is 1. The van der Waals surface area contributed by atoms with Crippen LogP contribution in [0.3, 0.4) is 0 Å². The van der Waals surface area contributed by atoms with E-state index in [0.717, 1.165) is 19.4 Å². The minimum Gasteiger partial charge on any atom is -0.306 e. The third-order valence-electron chi connectivity index (χ3n) is 3.74. The molecule has 2 heteroatoms. The van der Waals surface area contributed by atoms with Crippen LogP contribution >= 0.6 is 11.8 Å². The lowest BCUT2D eigenvalue weighted by molar-refractivity contribution is 0.598. The van der Waals surface area contributed by atoms with E-state index >= 15 is 0 Å². The second-order valence-corrected chi connectivity index (χ2v) is 6.14. The molecule has 1 N–H and O–H groups in total. The number of hydrogen-bond acceptors (Lipinski definition) is 2. The van der Waals surface area contributed by atoms with Crippen LogP contribution in [-0.2, 0) is 6.42 Å². The van der Waals surface area contributed by atoms with Crippen molar-refractivity contribution in [2.75, 3.05) is 12.8 Å². The van der Waals surface area contributed by atoms with Gasteiger partial charge in [-0.2, -0.15) is 0 Å². The predicted octanol–water partition coefficient (Wildman–Crippen LogP) is 5.06. The Kier molecular flexibility index (Phi) is 6.34. The summed E-state index contributed by atoms with van der Waals surface area (Å²) in [6.45, 7) is 5.45. The van der Waals surface area contributed by atoms with E-state index in [9.17, 15) is 0 Å². The van der Waals surface area contributed by atoms with Gasteiger partial charge >= 0.3 is 0 Å². The molecule has 0 aliphatic heterocycles. The highest BCUT2D eigenvalue weighted by Crippen LogP contribution is 2.25. The molecule has 0 amide bonds. The molecule has 0 fully saturated rings. The second kappa shape index (κ2) is 8.26.